The van der Waals surface area contributed by atoms with Gasteiger partial charge in [0.1, 0.15) is 12.2 Å². The zero-order valence-electron chi connectivity index (χ0n) is 16.0. The number of carbonyl (C=O) groups is 1. The highest BCUT2D eigenvalue weighted by atomic mass is 19.4. The molecule has 4 rings (SSSR count). The third-order valence-corrected chi connectivity index (χ3v) is 4.71. The molecule has 0 aliphatic carbocycles. The Morgan fingerprint density at radius 2 is 1.81 bits per heavy atom. The van der Waals surface area contributed by atoms with E-state index >= 15 is 0 Å². The highest BCUT2D eigenvalue weighted by Crippen LogP contribution is 2.30. The van der Waals surface area contributed by atoms with Crippen molar-refractivity contribution in [1.82, 2.24) is 0 Å². The molecule has 1 aromatic heterocycles. The Morgan fingerprint density at radius 3 is 2.61 bits per heavy atom. The predicted octanol–water partition coefficient (Wildman–Crippen LogP) is 5.72. The van der Waals surface area contributed by atoms with E-state index in [2.05, 4.69) is 0 Å². The topological polar surface area (TPSA) is 56.5 Å². The number of alkyl halides is 3. The number of carbonyl (C=O) groups excluding carboxylic acids is 1. The molecule has 156 valence electrons. The van der Waals surface area contributed by atoms with Gasteiger partial charge in [0.2, 0.25) is 0 Å². The SMILES string of the molecule is O=C(C=Cc1cccc(C(F)(F)F)c1)OCc1cc(=O)oc2ccc3ccccc3c12. The molecule has 0 N–H and O–H groups in total. The Morgan fingerprint density at radius 1 is 1.00 bits per heavy atom. The second kappa shape index (κ2) is 8.10. The van der Waals surface area contributed by atoms with E-state index in [9.17, 15) is 22.8 Å². The minimum atomic E-state index is -4.47. The number of rotatable bonds is 4. The van der Waals surface area contributed by atoms with Gasteiger partial charge in [0.05, 0.1) is 5.56 Å². The molecule has 0 aliphatic heterocycles. The number of ether oxygens (including phenoxy) is 1. The molecule has 0 radical (unpaired) electrons. The van der Waals surface area contributed by atoms with Gasteiger partial charge in [0.15, 0.2) is 0 Å². The Balaban J connectivity index is 1.57. The second-order valence-electron chi connectivity index (χ2n) is 6.81. The van der Waals surface area contributed by atoms with E-state index in [-0.39, 0.29) is 12.2 Å². The second-order valence-corrected chi connectivity index (χ2v) is 6.81. The summed E-state index contributed by atoms with van der Waals surface area (Å²) in [5.41, 5.74) is -0.324. The first-order valence-electron chi connectivity index (χ1n) is 9.28. The molecular weight excluding hydrogens is 409 g/mol. The molecule has 0 bridgehead atoms. The molecular formula is C24H15F3O4. The molecule has 4 nitrogen and oxygen atoms in total. The quantitative estimate of drug-likeness (QED) is 0.182. The molecule has 7 heteroatoms. The standard InChI is InChI=1S/C24H15F3O4/c25-24(26,27)18-6-3-4-15(12-18)8-11-21(28)30-14-17-13-22(29)31-20-10-9-16-5-1-2-7-19(16)23(17)20/h1-13H,14H2. The van der Waals surface area contributed by atoms with Crippen LogP contribution in [0.4, 0.5) is 13.2 Å². The maximum atomic E-state index is 12.8. The molecule has 0 saturated carbocycles. The van der Waals surface area contributed by atoms with Crippen molar-refractivity contribution in [3.05, 3.63) is 99.9 Å². The lowest BCUT2D eigenvalue weighted by atomic mass is 10.0. The number of benzene rings is 3. The van der Waals surface area contributed by atoms with Gasteiger partial charge in [-0.1, -0.05) is 42.5 Å². The lowest BCUT2D eigenvalue weighted by Crippen LogP contribution is -2.06. The van der Waals surface area contributed by atoms with Gasteiger partial charge < -0.3 is 9.15 Å². The fraction of sp³-hybridized carbons (Fsp3) is 0.0833. The van der Waals surface area contributed by atoms with Crippen LogP contribution in [0.3, 0.4) is 0 Å². The van der Waals surface area contributed by atoms with Gasteiger partial charge in [0, 0.05) is 23.1 Å². The summed E-state index contributed by atoms with van der Waals surface area (Å²) >= 11 is 0. The average Bonchev–Trinajstić information content (AvgIpc) is 2.75. The first-order valence-corrected chi connectivity index (χ1v) is 9.28. The summed E-state index contributed by atoms with van der Waals surface area (Å²) < 4.78 is 48.9. The fourth-order valence-corrected chi connectivity index (χ4v) is 3.31. The summed E-state index contributed by atoms with van der Waals surface area (Å²) in [6, 6.07) is 16.9. The number of halogens is 3. The van der Waals surface area contributed by atoms with Crippen LogP contribution in [0.5, 0.6) is 0 Å². The van der Waals surface area contributed by atoms with Crippen LogP contribution in [0.2, 0.25) is 0 Å². The number of hydrogen-bond acceptors (Lipinski definition) is 4. The van der Waals surface area contributed by atoms with Crippen molar-refractivity contribution in [1.29, 1.82) is 0 Å². The summed E-state index contributed by atoms with van der Waals surface area (Å²) in [4.78, 5) is 24.0. The lowest BCUT2D eigenvalue weighted by Gasteiger charge is -2.09. The van der Waals surface area contributed by atoms with Gasteiger partial charge in [0.25, 0.3) is 0 Å². The molecule has 31 heavy (non-hydrogen) atoms. The van der Waals surface area contributed by atoms with Crippen LogP contribution in [-0.2, 0) is 22.3 Å². The fourth-order valence-electron chi connectivity index (χ4n) is 3.31. The highest BCUT2D eigenvalue weighted by Gasteiger charge is 2.30. The minimum absolute atomic E-state index is 0.193. The zero-order valence-corrected chi connectivity index (χ0v) is 16.0. The maximum absolute atomic E-state index is 12.8. The van der Waals surface area contributed by atoms with E-state index in [4.69, 9.17) is 9.15 Å². The molecule has 0 unspecified atom stereocenters. The van der Waals surface area contributed by atoms with Gasteiger partial charge in [-0.2, -0.15) is 13.2 Å². The van der Waals surface area contributed by atoms with Gasteiger partial charge in [-0.05, 0) is 40.6 Å². The molecule has 0 atom stereocenters. The zero-order chi connectivity index (χ0) is 22.0. The molecule has 0 spiro atoms. The molecule has 0 fully saturated rings. The predicted molar refractivity (Wildman–Crippen MR) is 110 cm³/mol. The van der Waals surface area contributed by atoms with Crippen molar-refractivity contribution in [3.8, 4) is 0 Å². The van der Waals surface area contributed by atoms with Crippen LogP contribution in [0.1, 0.15) is 16.7 Å². The summed E-state index contributed by atoms with van der Waals surface area (Å²) in [6.45, 7) is -0.193. The third kappa shape index (κ3) is 4.50. The summed E-state index contributed by atoms with van der Waals surface area (Å²) in [5.74, 6) is -0.751. The number of hydrogen-bond donors (Lipinski definition) is 0. The Bertz CT molecular complexity index is 1370. The highest BCUT2D eigenvalue weighted by molar-refractivity contribution is 6.07. The molecule has 4 aromatic rings. The third-order valence-electron chi connectivity index (χ3n) is 4.71. The first-order chi connectivity index (χ1) is 14.8. The maximum Gasteiger partial charge on any atom is 0.416 e. The lowest BCUT2D eigenvalue weighted by molar-refractivity contribution is -0.139. The van der Waals surface area contributed by atoms with Crippen LogP contribution >= 0.6 is 0 Å². The molecule has 1 heterocycles. The van der Waals surface area contributed by atoms with E-state index < -0.39 is 23.3 Å². The normalized spacial score (nSPS) is 12.0. The Labute approximate surface area is 174 Å². The molecule has 3 aromatic carbocycles. The summed E-state index contributed by atoms with van der Waals surface area (Å²) in [7, 11) is 0. The van der Waals surface area contributed by atoms with E-state index in [0.717, 1.165) is 29.0 Å². The number of fused-ring (bicyclic) bond motifs is 3. The Kier molecular flexibility index (Phi) is 5.33. The van der Waals surface area contributed by atoms with Crippen molar-refractivity contribution >= 4 is 33.8 Å². The smallest absolute Gasteiger partial charge is 0.416 e. The van der Waals surface area contributed by atoms with Crippen LogP contribution < -0.4 is 5.63 Å². The van der Waals surface area contributed by atoms with Crippen molar-refractivity contribution in [3.63, 3.8) is 0 Å². The van der Waals surface area contributed by atoms with Crippen molar-refractivity contribution in [2.45, 2.75) is 12.8 Å². The van der Waals surface area contributed by atoms with E-state index in [0.29, 0.717) is 16.5 Å². The van der Waals surface area contributed by atoms with E-state index in [1.165, 1.54) is 24.3 Å². The Hall–Kier alpha value is -3.87. The molecule has 0 saturated heterocycles. The minimum Gasteiger partial charge on any atom is -0.458 e. The van der Waals surface area contributed by atoms with Gasteiger partial charge >= 0.3 is 17.8 Å². The van der Waals surface area contributed by atoms with Crippen molar-refractivity contribution < 1.29 is 27.1 Å². The average molecular weight is 424 g/mol. The van der Waals surface area contributed by atoms with Gasteiger partial charge in [-0.3, -0.25) is 0 Å². The van der Waals surface area contributed by atoms with Gasteiger partial charge in [-0.15, -0.1) is 0 Å². The molecule has 0 amide bonds. The van der Waals surface area contributed by atoms with Crippen LogP contribution in [0.15, 0.2) is 82.0 Å². The molecule has 0 aliphatic rings. The largest absolute Gasteiger partial charge is 0.458 e. The monoisotopic (exact) mass is 424 g/mol. The van der Waals surface area contributed by atoms with Crippen molar-refractivity contribution in [2.75, 3.05) is 0 Å². The summed E-state index contributed by atoms with van der Waals surface area (Å²) in [5, 5.41) is 2.43. The number of esters is 1. The van der Waals surface area contributed by atoms with E-state index in [1.807, 2.05) is 30.3 Å². The van der Waals surface area contributed by atoms with Crippen LogP contribution in [0.25, 0.3) is 27.8 Å². The van der Waals surface area contributed by atoms with Gasteiger partial charge in [-0.25, -0.2) is 9.59 Å². The van der Waals surface area contributed by atoms with Crippen molar-refractivity contribution in [2.24, 2.45) is 0 Å². The van der Waals surface area contributed by atoms with E-state index in [1.54, 1.807) is 6.07 Å². The van der Waals surface area contributed by atoms with Crippen LogP contribution in [0, 0.1) is 0 Å². The van der Waals surface area contributed by atoms with Crippen LogP contribution in [-0.4, -0.2) is 5.97 Å². The summed E-state index contributed by atoms with van der Waals surface area (Å²) in [6.07, 6.45) is -2.19. The first kappa shape index (κ1) is 20.4.